The molecule has 1 saturated heterocycles. The van der Waals surface area contributed by atoms with Crippen LogP contribution in [0.25, 0.3) is 0 Å². The number of nitrogens with one attached hydrogen (secondary N) is 1. The molecule has 1 heterocycles. The number of carbonyl (C=O) groups excluding carboxylic acids is 1. The minimum atomic E-state index is -0.0217. The van der Waals surface area contributed by atoms with Crippen molar-refractivity contribution in [3.8, 4) is 0 Å². The fourth-order valence-corrected chi connectivity index (χ4v) is 3.38. The van der Waals surface area contributed by atoms with Crippen LogP contribution in [0, 0.1) is 0 Å². The zero-order valence-corrected chi connectivity index (χ0v) is 14.5. The maximum atomic E-state index is 12.4. The van der Waals surface area contributed by atoms with Crippen LogP contribution in [0.5, 0.6) is 0 Å². The Kier molecular flexibility index (Phi) is 5.89. The monoisotopic (exact) mass is 342 g/mol. The minimum absolute atomic E-state index is 0.0217. The van der Waals surface area contributed by atoms with Gasteiger partial charge in [0.15, 0.2) is 0 Å². The summed E-state index contributed by atoms with van der Waals surface area (Å²) in [7, 11) is 0. The molecule has 0 saturated carbocycles. The van der Waals surface area contributed by atoms with Gasteiger partial charge in [0.1, 0.15) is 0 Å². The van der Waals surface area contributed by atoms with Crippen LogP contribution in [0.2, 0.25) is 5.02 Å². The van der Waals surface area contributed by atoms with Crippen LogP contribution in [0.4, 0.5) is 0 Å². The van der Waals surface area contributed by atoms with E-state index in [0.717, 1.165) is 18.1 Å². The standard InChI is InChI=1S/C20H23ClN2O/c21-18-11-9-16(10-12-18)19(23-13-5-2-6-14-23)15-22-20(24)17-7-3-1-4-8-17/h1,3-4,7-12,19H,2,5-6,13-15H2,(H,22,24). The number of piperidine rings is 1. The first kappa shape index (κ1) is 17.0. The van der Waals surface area contributed by atoms with Gasteiger partial charge in [-0.1, -0.05) is 48.4 Å². The lowest BCUT2D eigenvalue weighted by atomic mass is 10.0. The Hall–Kier alpha value is -1.84. The molecule has 1 fully saturated rings. The molecule has 1 amide bonds. The van der Waals surface area contributed by atoms with Crippen molar-refractivity contribution in [1.29, 1.82) is 0 Å². The molecule has 2 aromatic rings. The van der Waals surface area contributed by atoms with Gasteiger partial charge >= 0.3 is 0 Å². The normalized spacial score (nSPS) is 16.5. The predicted octanol–water partition coefficient (Wildman–Crippen LogP) is 4.30. The Morgan fingerprint density at radius 2 is 1.67 bits per heavy atom. The van der Waals surface area contributed by atoms with Gasteiger partial charge < -0.3 is 5.32 Å². The largest absolute Gasteiger partial charge is 0.350 e. The molecular formula is C20H23ClN2O. The smallest absolute Gasteiger partial charge is 0.251 e. The van der Waals surface area contributed by atoms with E-state index in [9.17, 15) is 4.79 Å². The molecule has 0 aromatic heterocycles. The highest BCUT2D eigenvalue weighted by Gasteiger charge is 2.23. The summed E-state index contributed by atoms with van der Waals surface area (Å²) in [6.45, 7) is 2.76. The third kappa shape index (κ3) is 4.37. The summed E-state index contributed by atoms with van der Waals surface area (Å²) in [4.78, 5) is 14.8. The maximum absolute atomic E-state index is 12.4. The molecule has 1 aliphatic heterocycles. The molecule has 3 nitrogen and oxygen atoms in total. The van der Waals surface area contributed by atoms with Crippen molar-refractivity contribution in [3.63, 3.8) is 0 Å². The molecular weight excluding hydrogens is 320 g/mol. The molecule has 0 bridgehead atoms. The van der Waals surface area contributed by atoms with Crippen LogP contribution in [-0.2, 0) is 0 Å². The fourth-order valence-electron chi connectivity index (χ4n) is 3.25. The van der Waals surface area contributed by atoms with Gasteiger partial charge in [0, 0.05) is 17.1 Å². The second-order valence-electron chi connectivity index (χ2n) is 6.24. The van der Waals surface area contributed by atoms with Gasteiger partial charge in [-0.05, 0) is 55.8 Å². The van der Waals surface area contributed by atoms with Crippen LogP contribution in [0.1, 0.15) is 41.2 Å². The van der Waals surface area contributed by atoms with Crippen LogP contribution >= 0.6 is 11.6 Å². The summed E-state index contributed by atoms with van der Waals surface area (Å²) in [6, 6.07) is 17.5. The highest BCUT2D eigenvalue weighted by Crippen LogP contribution is 2.25. The number of carbonyl (C=O) groups is 1. The summed E-state index contributed by atoms with van der Waals surface area (Å²) in [6.07, 6.45) is 3.73. The van der Waals surface area contributed by atoms with E-state index in [4.69, 9.17) is 11.6 Å². The van der Waals surface area contributed by atoms with Crippen LogP contribution in [-0.4, -0.2) is 30.4 Å². The lowest BCUT2D eigenvalue weighted by Gasteiger charge is -2.35. The zero-order valence-electron chi connectivity index (χ0n) is 13.7. The Balaban J connectivity index is 1.72. The average molecular weight is 343 g/mol. The first-order valence-corrected chi connectivity index (χ1v) is 8.94. The molecule has 1 aliphatic rings. The number of halogens is 1. The average Bonchev–Trinajstić information content (AvgIpc) is 2.65. The number of nitrogens with zero attached hydrogens (tertiary/aromatic N) is 1. The highest BCUT2D eigenvalue weighted by molar-refractivity contribution is 6.30. The molecule has 24 heavy (non-hydrogen) atoms. The molecule has 4 heteroatoms. The summed E-state index contributed by atoms with van der Waals surface area (Å²) in [5.74, 6) is -0.0217. The quantitative estimate of drug-likeness (QED) is 0.878. The second kappa shape index (κ2) is 8.32. The Labute approximate surface area is 148 Å². The molecule has 126 valence electrons. The van der Waals surface area contributed by atoms with E-state index in [1.54, 1.807) is 0 Å². The van der Waals surface area contributed by atoms with Gasteiger partial charge in [-0.15, -0.1) is 0 Å². The Morgan fingerprint density at radius 3 is 2.33 bits per heavy atom. The number of amides is 1. The third-order valence-corrected chi connectivity index (χ3v) is 4.83. The summed E-state index contributed by atoms with van der Waals surface area (Å²) >= 11 is 6.03. The first-order valence-electron chi connectivity index (χ1n) is 8.57. The van der Waals surface area contributed by atoms with E-state index in [2.05, 4.69) is 22.3 Å². The van der Waals surface area contributed by atoms with Gasteiger partial charge in [0.05, 0.1) is 6.04 Å². The Bertz CT molecular complexity index is 651. The van der Waals surface area contributed by atoms with Crippen LogP contribution in [0.3, 0.4) is 0 Å². The fraction of sp³-hybridized carbons (Fsp3) is 0.350. The third-order valence-electron chi connectivity index (χ3n) is 4.58. The molecule has 3 rings (SSSR count). The predicted molar refractivity (Wildman–Crippen MR) is 98.4 cm³/mol. The molecule has 1 atom stereocenters. The summed E-state index contributed by atoms with van der Waals surface area (Å²) in [5, 5.41) is 3.84. The van der Waals surface area contributed by atoms with Crippen molar-refractivity contribution in [2.75, 3.05) is 19.6 Å². The van der Waals surface area contributed by atoms with Crippen molar-refractivity contribution in [3.05, 3.63) is 70.7 Å². The van der Waals surface area contributed by atoms with E-state index in [1.165, 1.54) is 24.8 Å². The van der Waals surface area contributed by atoms with Crippen molar-refractivity contribution in [2.24, 2.45) is 0 Å². The number of likely N-dealkylation sites (tertiary alicyclic amines) is 1. The number of rotatable bonds is 5. The molecule has 0 spiro atoms. The number of hydrogen-bond donors (Lipinski definition) is 1. The highest BCUT2D eigenvalue weighted by atomic mass is 35.5. The SMILES string of the molecule is O=C(NCC(c1ccc(Cl)cc1)N1CCCCC1)c1ccccc1. The summed E-state index contributed by atoms with van der Waals surface area (Å²) < 4.78 is 0. The zero-order chi connectivity index (χ0) is 16.8. The topological polar surface area (TPSA) is 32.3 Å². The molecule has 0 radical (unpaired) electrons. The van der Waals surface area contributed by atoms with Gasteiger partial charge in [-0.2, -0.15) is 0 Å². The van der Waals surface area contributed by atoms with Crippen molar-refractivity contribution in [2.45, 2.75) is 25.3 Å². The van der Waals surface area contributed by atoms with Crippen molar-refractivity contribution < 1.29 is 4.79 Å². The molecule has 0 aliphatic carbocycles. The molecule has 1 unspecified atom stereocenters. The first-order chi connectivity index (χ1) is 11.7. The van der Waals surface area contributed by atoms with E-state index < -0.39 is 0 Å². The Morgan fingerprint density at radius 1 is 1.00 bits per heavy atom. The van der Waals surface area contributed by atoms with Gasteiger partial charge in [-0.3, -0.25) is 9.69 Å². The molecule has 1 N–H and O–H groups in total. The van der Waals surface area contributed by atoms with Gasteiger partial charge in [-0.25, -0.2) is 0 Å². The van der Waals surface area contributed by atoms with E-state index in [-0.39, 0.29) is 11.9 Å². The maximum Gasteiger partial charge on any atom is 0.251 e. The van der Waals surface area contributed by atoms with Crippen LogP contribution < -0.4 is 5.32 Å². The number of hydrogen-bond acceptors (Lipinski definition) is 2. The lowest BCUT2D eigenvalue weighted by molar-refractivity contribution is 0.0924. The lowest BCUT2D eigenvalue weighted by Crippen LogP contribution is -2.40. The second-order valence-corrected chi connectivity index (χ2v) is 6.68. The van der Waals surface area contributed by atoms with Crippen molar-refractivity contribution in [1.82, 2.24) is 10.2 Å². The van der Waals surface area contributed by atoms with Crippen LogP contribution in [0.15, 0.2) is 54.6 Å². The minimum Gasteiger partial charge on any atom is -0.350 e. The van der Waals surface area contributed by atoms with Gasteiger partial charge in [0.25, 0.3) is 5.91 Å². The number of benzene rings is 2. The van der Waals surface area contributed by atoms with Gasteiger partial charge in [0.2, 0.25) is 0 Å². The van der Waals surface area contributed by atoms with E-state index >= 15 is 0 Å². The summed E-state index contributed by atoms with van der Waals surface area (Å²) in [5.41, 5.74) is 1.90. The van der Waals surface area contributed by atoms with E-state index in [0.29, 0.717) is 12.1 Å². The van der Waals surface area contributed by atoms with Crippen molar-refractivity contribution >= 4 is 17.5 Å². The van der Waals surface area contributed by atoms with E-state index in [1.807, 2.05) is 42.5 Å². The molecule has 2 aromatic carbocycles.